The predicted octanol–water partition coefficient (Wildman–Crippen LogP) is -1.07. The number of hydrogen-bond acceptors (Lipinski definition) is 4. The fourth-order valence-corrected chi connectivity index (χ4v) is 3.05. The van der Waals surface area contributed by atoms with Gasteiger partial charge in [0.2, 0.25) is 0 Å². The zero-order chi connectivity index (χ0) is 13.0. The average Bonchev–Trinajstić information content (AvgIpc) is 2.76. The number of nitrogens with one attached hydrogen (secondary N) is 2. The highest BCUT2D eigenvalue weighted by molar-refractivity contribution is 7.87. The van der Waals surface area contributed by atoms with Crippen LogP contribution in [0.5, 0.6) is 0 Å². The highest BCUT2D eigenvalue weighted by Crippen LogP contribution is 2.00. The number of hydrogen-bond donors (Lipinski definition) is 2. The first-order valence-electron chi connectivity index (χ1n) is 6.02. The summed E-state index contributed by atoms with van der Waals surface area (Å²) < 4.78 is 29.7. The van der Waals surface area contributed by atoms with Crippen LogP contribution < -0.4 is 10.0 Å². The minimum absolute atomic E-state index is 0.355. The van der Waals surface area contributed by atoms with Crippen LogP contribution in [-0.4, -0.2) is 55.2 Å². The highest BCUT2D eigenvalue weighted by atomic mass is 32.2. The van der Waals surface area contributed by atoms with Gasteiger partial charge in [-0.15, -0.1) is 0 Å². The predicted molar refractivity (Wildman–Crippen MR) is 68.3 cm³/mol. The molecule has 2 N–H and O–H groups in total. The Labute approximate surface area is 107 Å². The second-order valence-corrected chi connectivity index (χ2v) is 6.08. The number of rotatable bonds is 5. The lowest BCUT2D eigenvalue weighted by Crippen LogP contribution is -2.50. The molecule has 0 unspecified atom stereocenters. The third-order valence-corrected chi connectivity index (χ3v) is 4.42. The minimum atomic E-state index is -3.34. The normalized spacial score (nSPS) is 18.1. The first-order valence-corrected chi connectivity index (χ1v) is 7.46. The molecular weight excluding hydrogens is 254 g/mol. The molecule has 2 heterocycles. The maximum atomic E-state index is 11.9. The van der Waals surface area contributed by atoms with Gasteiger partial charge in [-0.05, 0) is 12.5 Å². The van der Waals surface area contributed by atoms with Gasteiger partial charge < -0.3 is 5.32 Å². The molecule has 0 amide bonds. The summed E-state index contributed by atoms with van der Waals surface area (Å²) in [6, 6.07) is 0. The molecule has 18 heavy (non-hydrogen) atoms. The van der Waals surface area contributed by atoms with E-state index in [0.717, 1.165) is 5.56 Å². The second-order valence-electron chi connectivity index (χ2n) is 4.33. The second kappa shape index (κ2) is 5.79. The topological polar surface area (TPSA) is 79.3 Å². The van der Waals surface area contributed by atoms with E-state index in [1.54, 1.807) is 10.9 Å². The molecule has 0 spiro atoms. The lowest BCUT2D eigenvalue weighted by molar-refractivity contribution is 0.354. The van der Waals surface area contributed by atoms with Crippen molar-refractivity contribution >= 4 is 10.2 Å². The van der Waals surface area contributed by atoms with Crippen molar-refractivity contribution in [3.63, 3.8) is 0 Å². The molecule has 2 rings (SSSR count). The standard InChI is InChI=1S/C10H19N5O2S/c1-10-8-12-14(9-10)5-4-13-18(16,17)15-6-2-11-3-7-15/h8-9,11,13H,2-7H2,1H3. The van der Waals surface area contributed by atoms with Gasteiger partial charge in [-0.3, -0.25) is 4.68 Å². The van der Waals surface area contributed by atoms with E-state index in [0.29, 0.717) is 39.3 Å². The van der Waals surface area contributed by atoms with Crippen LogP contribution in [0.1, 0.15) is 5.56 Å². The maximum Gasteiger partial charge on any atom is 0.279 e. The van der Waals surface area contributed by atoms with Gasteiger partial charge in [0.1, 0.15) is 0 Å². The number of nitrogens with zero attached hydrogens (tertiary/aromatic N) is 3. The Kier molecular flexibility index (Phi) is 4.33. The third kappa shape index (κ3) is 3.52. The van der Waals surface area contributed by atoms with Gasteiger partial charge in [0.05, 0.1) is 12.7 Å². The summed E-state index contributed by atoms with van der Waals surface area (Å²) >= 11 is 0. The van der Waals surface area contributed by atoms with Crippen LogP contribution in [0.2, 0.25) is 0 Å². The molecule has 1 aliphatic rings. The lowest BCUT2D eigenvalue weighted by Gasteiger charge is -2.26. The summed E-state index contributed by atoms with van der Waals surface area (Å²) in [5.74, 6) is 0. The smallest absolute Gasteiger partial charge is 0.279 e. The molecule has 0 aliphatic carbocycles. The van der Waals surface area contributed by atoms with Gasteiger partial charge in [-0.1, -0.05) is 0 Å². The van der Waals surface area contributed by atoms with Crippen molar-refractivity contribution in [2.75, 3.05) is 32.7 Å². The van der Waals surface area contributed by atoms with E-state index in [9.17, 15) is 8.42 Å². The van der Waals surface area contributed by atoms with Crippen LogP contribution in [-0.2, 0) is 16.8 Å². The lowest BCUT2D eigenvalue weighted by atomic mass is 10.4. The summed E-state index contributed by atoms with van der Waals surface area (Å²) in [5.41, 5.74) is 1.07. The Morgan fingerprint density at radius 1 is 1.44 bits per heavy atom. The van der Waals surface area contributed by atoms with Crippen molar-refractivity contribution in [2.45, 2.75) is 13.5 Å². The summed E-state index contributed by atoms with van der Waals surface area (Å²) in [5, 5.41) is 7.23. The molecule has 8 heteroatoms. The van der Waals surface area contributed by atoms with Crippen LogP contribution in [0.25, 0.3) is 0 Å². The Hall–Kier alpha value is -0.960. The molecule has 0 radical (unpaired) electrons. The minimum Gasteiger partial charge on any atom is -0.314 e. The van der Waals surface area contributed by atoms with E-state index >= 15 is 0 Å². The Bertz CT molecular complexity index is 478. The number of aryl methyl sites for hydroxylation is 1. The van der Waals surface area contributed by atoms with Gasteiger partial charge >= 0.3 is 0 Å². The molecular formula is C10H19N5O2S. The van der Waals surface area contributed by atoms with Crippen LogP contribution in [0.3, 0.4) is 0 Å². The van der Waals surface area contributed by atoms with E-state index in [1.165, 1.54) is 4.31 Å². The largest absolute Gasteiger partial charge is 0.314 e. The monoisotopic (exact) mass is 273 g/mol. The molecule has 0 aromatic carbocycles. The molecule has 102 valence electrons. The van der Waals surface area contributed by atoms with Crippen molar-refractivity contribution in [3.05, 3.63) is 18.0 Å². The highest BCUT2D eigenvalue weighted by Gasteiger charge is 2.22. The summed E-state index contributed by atoms with van der Waals surface area (Å²) in [6.45, 7) is 5.31. The fourth-order valence-electron chi connectivity index (χ4n) is 1.85. The van der Waals surface area contributed by atoms with E-state index < -0.39 is 10.2 Å². The molecule has 0 saturated carbocycles. The average molecular weight is 273 g/mol. The summed E-state index contributed by atoms with van der Waals surface area (Å²) in [6.07, 6.45) is 3.64. The van der Waals surface area contributed by atoms with Crippen molar-refractivity contribution in [1.82, 2.24) is 24.1 Å². The molecule has 7 nitrogen and oxygen atoms in total. The van der Waals surface area contributed by atoms with Crippen molar-refractivity contribution in [1.29, 1.82) is 0 Å². The molecule has 0 atom stereocenters. The van der Waals surface area contributed by atoms with E-state index in [-0.39, 0.29) is 0 Å². The van der Waals surface area contributed by atoms with E-state index in [4.69, 9.17) is 0 Å². The summed E-state index contributed by atoms with van der Waals surface area (Å²) in [4.78, 5) is 0. The van der Waals surface area contributed by atoms with Crippen LogP contribution in [0.4, 0.5) is 0 Å². The maximum absolute atomic E-state index is 11.9. The fraction of sp³-hybridized carbons (Fsp3) is 0.700. The molecule has 0 bridgehead atoms. The van der Waals surface area contributed by atoms with Gasteiger partial charge in [-0.25, -0.2) is 4.72 Å². The zero-order valence-corrected chi connectivity index (χ0v) is 11.3. The SMILES string of the molecule is Cc1cnn(CCNS(=O)(=O)N2CCNCC2)c1. The van der Waals surface area contributed by atoms with Crippen LogP contribution in [0.15, 0.2) is 12.4 Å². The van der Waals surface area contributed by atoms with Crippen LogP contribution >= 0.6 is 0 Å². The third-order valence-electron chi connectivity index (χ3n) is 2.80. The van der Waals surface area contributed by atoms with Gasteiger partial charge in [0.25, 0.3) is 10.2 Å². The molecule has 1 aliphatic heterocycles. The zero-order valence-electron chi connectivity index (χ0n) is 10.5. The number of aromatic nitrogens is 2. The molecule has 1 saturated heterocycles. The quantitative estimate of drug-likeness (QED) is 0.716. The summed E-state index contributed by atoms with van der Waals surface area (Å²) in [7, 11) is -3.34. The molecule has 1 fully saturated rings. The van der Waals surface area contributed by atoms with Crippen LogP contribution in [0, 0.1) is 6.92 Å². The molecule has 1 aromatic rings. The Morgan fingerprint density at radius 2 is 2.17 bits per heavy atom. The van der Waals surface area contributed by atoms with Crippen molar-refractivity contribution in [3.8, 4) is 0 Å². The van der Waals surface area contributed by atoms with E-state index in [1.807, 2.05) is 13.1 Å². The Morgan fingerprint density at radius 3 is 2.78 bits per heavy atom. The van der Waals surface area contributed by atoms with Gasteiger partial charge in [-0.2, -0.15) is 17.8 Å². The van der Waals surface area contributed by atoms with Gasteiger partial charge in [0.15, 0.2) is 0 Å². The first-order chi connectivity index (χ1) is 8.58. The Balaban J connectivity index is 1.81. The first kappa shape index (κ1) is 13.5. The molecule has 1 aromatic heterocycles. The van der Waals surface area contributed by atoms with Crippen molar-refractivity contribution < 1.29 is 8.42 Å². The van der Waals surface area contributed by atoms with Crippen molar-refractivity contribution in [2.24, 2.45) is 0 Å². The van der Waals surface area contributed by atoms with Gasteiger partial charge in [0, 0.05) is 38.9 Å². The van der Waals surface area contributed by atoms with E-state index in [2.05, 4.69) is 15.1 Å². The number of piperazine rings is 1.